The molecule has 1 aromatic carbocycles. The third-order valence-corrected chi connectivity index (χ3v) is 2.01. The minimum Gasteiger partial charge on any atom is -0.484 e. The summed E-state index contributed by atoms with van der Waals surface area (Å²) in [4.78, 5) is 0. The average Bonchev–Trinajstić information content (AvgIpc) is 2.16. The zero-order valence-corrected chi connectivity index (χ0v) is 8.13. The number of ether oxygens (including phenoxy) is 1. The predicted octanol–water partition coefficient (Wildman–Crippen LogP) is 2.55. The summed E-state index contributed by atoms with van der Waals surface area (Å²) in [7, 11) is 1.54. The number of rotatable bonds is 3. The summed E-state index contributed by atoms with van der Waals surface area (Å²) in [6.45, 7) is 2.07. The molecule has 0 spiro atoms. The van der Waals surface area contributed by atoms with Gasteiger partial charge in [0.2, 0.25) is 0 Å². The van der Waals surface area contributed by atoms with Crippen LogP contribution in [-0.2, 0) is 11.2 Å². The van der Waals surface area contributed by atoms with Gasteiger partial charge in [-0.15, -0.1) is 0 Å². The van der Waals surface area contributed by atoms with Crippen LogP contribution in [0.3, 0.4) is 0 Å². The fourth-order valence-electron chi connectivity index (χ4n) is 1.11. The predicted molar refractivity (Wildman–Crippen MR) is 54.2 cm³/mol. The maximum atomic E-state index is 7.31. The summed E-state index contributed by atoms with van der Waals surface area (Å²) in [6, 6.07) is 8.37. The molecule has 0 heterocycles. The lowest BCUT2D eigenvalue weighted by molar-refractivity contribution is 0.386. The van der Waals surface area contributed by atoms with E-state index in [1.807, 2.05) is 0 Å². The number of aryl methyl sites for hydroxylation is 2. The molecule has 2 nitrogen and oxygen atoms in total. The van der Waals surface area contributed by atoms with Gasteiger partial charge in [-0.25, -0.2) is 0 Å². The Morgan fingerprint density at radius 3 is 2.46 bits per heavy atom. The van der Waals surface area contributed by atoms with Crippen molar-refractivity contribution in [2.45, 2.75) is 19.8 Å². The molecule has 0 atom stereocenters. The molecule has 0 aliphatic heterocycles. The number of nitrogens with one attached hydrogen (secondary N) is 1. The van der Waals surface area contributed by atoms with Crippen LogP contribution in [-0.4, -0.2) is 13.0 Å². The highest BCUT2D eigenvalue weighted by molar-refractivity contribution is 5.72. The van der Waals surface area contributed by atoms with Gasteiger partial charge >= 0.3 is 0 Å². The first-order valence-electron chi connectivity index (χ1n) is 4.39. The number of methoxy groups -OCH3 is 1. The van der Waals surface area contributed by atoms with Gasteiger partial charge in [-0.1, -0.05) is 29.8 Å². The molecule has 0 saturated carbocycles. The van der Waals surface area contributed by atoms with Crippen LogP contribution in [0, 0.1) is 12.3 Å². The fourth-order valence-corrected chi connectivity index (χ4v) is 1.11. The Kier molecular flexibility index (Phi) is 3.50. The summed E-state index contributed by atoms with van der Waals surface area (Å²) in [5.41, 5.74) is 2.53. The van der Waals surface area contributed by atoms with Gasteiger partial charge in [0.15, 0.2) is 5.90 Å². The molecule has 2 heteroatoms. The van der Waals surface area contributed by atoms with Gasteiger partial charge in [0.25, 0.3) is 0 Å². The molecule has 1 rings (SSSR count). The minimum atomic E-state index is 0.348. The van der Waals surface area contributed by atoms with Gasteiger partial charge in [0, 0.05) is 6.42 Å². The summed E-state index contributed by atoms with van der Waals surface area (Å²) >= 11 is 0. The highest BCUT2D eigenvalue weighted by Gasteiger charge is 1.96. The second-order valence-corrected chi connectivity index (χ2v) is 3.11. The molecule has 0 saturated heterocycles. The molecule has 0 unspecified atom stereocenters. The lowest BCUT2D eigenvalue weighted by Gasteiger charge is -2.02. The molecular weight excluding hydrogens is 162 g/mol. The fraction of sp³-hybridized carbons (Fsp3) is 0.364. The monoisotopic (exact) mass is 177 g/mol. The maximum absolute atomic E-state index is 7.31. The van der Waals surface area contributed by atoms with E-state index < -0.39 is 0 Å². The van der Waals surface area contributed by atoms with E-state index in [2.05, 4.69) is 31.2 Å². The molecule has 0 aliphatic carbocycles. The highest BCUT2D eigenvalue weighted by atomic mass is 16.5. The SMILES string of the molecule is COC(=N)CCc1ccc(C)cc1. The molecule has 0 aliphatic rings. The molecule has 1 N–H and O–H groups in total. The Bertz CT molecular complexity index is 277. The Morgan fingerprint density at radius 2 is 1.92 bits per heavy atom. The molecule has 13 heavy (non-hydrogen) atoms. The van der Waals surface area contributed by atoms with Crippen molar-refractivity contribution >= 4 is 5.90 Å². The van der Waals surface area contributed by atoms with Crippen LogP contribution >= 0.6 is 0 Å². The quantitative estimate of drug-likeness (QED) is 0.558. The zero-order valence-electron chi connectivity index (χ0n) is 8.13. The standard InChI is InChI=1S/C11H15NO/c1-9-3-5-10(6-4-9)7-8-11(12)13-2/h3-6,12H,7-8H2,1-2H3. The smallest absolute Gasteiger partial charge is 0.180 e. The van der Waals surface area contributed by atoms with Gasteiger partial charge in [-0.05, 0) is 18.9 Å². The van der Waals surface area contributed by atoms with E-state index >= 15 is 0 Å². The number of hydrogen-bond donors (Lipinski definition) is 1. The van der Waals surface area contributed by atoms with Crippen molar-refractivity contribution in [3.8, 4) is 0 Å². The van der Waals surface area contributed by atoms with Crippen LogP contribution in [0.1, 0.15) is 17.5 Å². The van der Waals surface area contributed by atoms with Crippen molar-refractivity contribution in [2.24, 2.45) is 0 Å². The first-order chi connectivity index (χ1) is 6.22. The van der Waals surface area contributed by atoms with Crippen molar-refractivity contribution in [1.82, 2.24) is 0 Å². The van der Waals surface area contributed by atoms with Crippen LogP contribution in [0.4, 0.5) is 0 Å². The largest absolute Gasteiger partial charge is 0.484 e. The van der Waals surface area contributed by atoms with Crippen LogP contribution in [0.25, 0.3) is 0 Å². The van der Waals surface area contributed by atoms with E-state index in [0.29, 0.717) is 12.3 Å². The second kappa shape index (κ2) is 4.65. The van der Waals surface area contributed by atoms with E-state index in [4.69, 9.17) is 10.1 Å². The van der Waals surface area contributed by atoms with Gasteiger partial charge in [-0.3, -0.25) is 5.41 Å². The third kappa shape index (κ3) is 3.28. The van der Waals surface area contributed by atoms with Crippen LogP contribution in [0.15, 0.2) is 24.3 Å². The van der Waals surface area contributed by atoms with Crippen molar-refractivity contribution in [3.05, 3.63) is 35.4 Å². The number of hydrogen-bond acceptors (Lipinski definition) is 2. The molecular formula is C11H15NO. The van der Waals surface area contributed by atoms with Gasteiger partial charge in [-0.2, -0.15) is 0 Å². The van der Waals surface area contributed by atoms with Crippen LogP contribution in [0.5, 0.6) is 0 Å². The Morgan fingerprint density at radius 1 is 1.31 bits per heavy atom. The summed E-state index contributed by atoms with van der Waals surface area (Å²) in [6.07, 6.45) is 1.56. The summed E-state index contributed by atoms with van der Waals surface area (Å²) in [5.74, 6) is 0.348. The third-order valence-electron chi connectivity index (χ3n) is 2.01. The molecule has 1 aromatic rings. The first kappa shape index (κ1) is 9.78. The molecule has 0 aromatic heterocycles. The van der Waals surface area contributed by atoms with Crippen LogP contribution < -0.4 is 0 Å². The Balaban J connectivity index is 2.46. The molecule has 0 radical (unpaired) electrons. The number of benzene rings is 1. The maximum Gasteiger partial charge on any atom is 0.180 e. The average molecular weight is 177 g/mol. The summed E-state index contributed by atoms with van der Waals surface area (Å²) in [5, 5.41) is 7.31. The highest BCUT2D eigenvalue weighted by Crippen LogP contribution is 2.05. The molecule has 70 valence electrons. The van der Waals surface area contributed by atoms with Gasteiger partial charge < -0.3 is 4.74 Å². The van der Waals surface area contributed by atoms with E-state index in [0.717, 1.165) is 6.42 Å². The molecule has 0 amide bonds. The van der Waals surface area contributed by atoms with E-state index in [1.54, 1.807) is 0 Å². The van der Waals surface area contributed by atoms with Crippen molar-refractivity contribution in [3.63, 3.8) is 0 Å². The minimum absolute atomic E-state index is 0.348. The van der Waals surface area contributed by atoms with E-state index in [1.165, 1.54) is 18.2 Å². The molecule has 0 fully saturated rings. The van der Waals surface area contributed by atoms with Crippen molar-refractivity contribution < 1.29 is 4.74 Å². The Labute approximate surface area is 79.1 Å². The van der Waals surface area contributed by atoms with E-state index in [-0.39, 0.29) is 0 Å². The zero-order chi connectivity index (χ0) is 9.68. The van der Waals surface area contributed by atoms with Crippen molar-refractivity contribution in [1.29, 1.82) is 5.41 Å². The lowest BCUT2D eigenvalue weighted by atomic mass is 10.1. The van der Waals surface area contributed by atoms with E-state index in [9.17, 15) is 0 Å². The van der Waals surface area contributed by atoms with Crippen molar-refractivity contribution in [2.75, 3.05) is 7.11 Å². The first-order valence-corrected chi connectivity index (χ1v) is 4.39. The molecule has 0 bridgehead atoms. The topological polar surface area (TPSA) is 33.1 Å². The lowest BCUT2D eigenvalue weighted by Crippen LogP contribution is -2.00. The van der Waals surface area contributed by atoms with Gasteiger partial charge in [0.1, 0.15) is 0 Å². The van der Waals surface area contributed by atoms with Gasteiger partial charge in [0.05, 0.1) is 7.11 Å². The van der Waals surface area contributed by atoms with Crippen LogP contribution in [0.2, 0.25) is 0 Å². The second-order valence-electron chi connectivity index (χ2n) is 3.11. The normalized spacial score (nSPS) is 9.69. The summed E-state index contributed by atoms with van der Waals surface area (Å²) < 4.78 is 4.78. The Hall–Kier alpha value is -1.31.